The van der Waals surface area contributed by atoms with E-state index < -0.39 is 0 Å². The fraction of sp³-hybridized carbons (Fsp3) is 0.923. The monoisotopic (exact) mass is 241 g/mol. The number of likely N-dealkylation sites (tertiary alicyclic amines) is 1. The molecule has 1 fully saturated rings. The molecular weight excluding hydrogens is 214 g/mol. The fourth-order valence-corrected chi connectivity index (χ4v) is 2.26. The van der Waals surface area contributed by atoms with Gasteiger partial charge in [0, 0.05) is 32.6 Å². The predicted molar refractivity (Wildman–Crippen MR) is 71.0 cm³/mol. The van der Waals surface area contributed by atoms with E-state index in [4.69, 9.17) is 0 Å². The lowest BCUT2D eigenvalue weighted by Gasteiger charge is -2.30. The molecule has 1 saturated heterocycles. The molecule has 1 unspecified atom stereocenters. The number of likely N-dealkylation sites (N-methyl/N-ethyl adjacent to an activating group) is 1. The van der Waals surface area contributed by atoms with E-state index in [2.05, 4.69) is 22.0 Å². The highest BCUT2D eigenvalue weighted by atomic mass is 16.1. The van der Waals surface area contributed by atoms with Crippen LogP contribution in [0.15, 0.2) is 0 Å². The van der Waals surface area contributed by atoms with Gasteiger partial charge in [-0.2, -0.15) is 0 Å². The van der Waals surface area contributed by atoms with Gasteiger partial charge in [-0.15, -0.1) is 0 Å². The average molecular weight is 241 g/mol. The van der Waals surface area contributed by atoms with E-state index in [-0.39, 0.29) is 5.91 Å². The Bertz CT molecular complexity index is 231. The Kier molecular flexibility index (Phi) is 6.52. The van der Waals surface area contributed by atoms with Crippen LogP contribution in [0.5, 0.6) is 0 Å². The fourth-order valence-electron chi connectivity index (χ4n) is 2.26. The summed E-state index contributed by atoms with van der Waals surface area (Å²) in [4.78, 5) is 16.1. The summed E-state index contributed by atoms with van der Waals surface area (Å²) in [6, 6.07) is 0. The Labute approximate surface area is 105 Å². The smallest absolute Gasteiger partial charge is 0.221 e. The molecule has 0 aromatic rings. The van der Waals surface area contributed by atoms with Crippen molar-refractivity contribution in [2.24, 2.45) is 5.92 Å². The van der Waals surface area contributed by atoms with Crippen LogP contribution in [0, 0.1) is 5.92 Å². The van der Waals surface area contributed by atoms with Crippen LogP contribution in [0.2, 0.25) is 0 Å². The Morgan fingerprint density at radius 3 is 2.88 bits per heavy atom. The number of amides is 1. The average Bonchev–Trinajstić information content (AvgIpc) is 2.26. The van der Waals surface area contributed by atoms with Gasteiger partial charge in [0.05, 0.1) is 0 Å². The summed E-state index contributed by atoms with van der Waals surface area (Å²) >= 11 is 0. The van der Waals surface area contributed by atoms with Crippen LogP contribution in [-0.2, 0) is 4.79 Å². The molecular formula is C13H27N3O. The van der Waals surface area contributed by atoms with E-state index in [9.17, 15) is 4.79 Å². The summed E-state index contributed by atoms with van der Waals surface area (Å²) in [5, 5.41) is 2.96. The normalized spacial score (nSPS) is 21.8. The number of hydrogen-bond donors (Lipinski definition) is 1. The standard InChI is InChI=1S/C13H27N3O/c1-12-5-4-8-16(11-12)9-6-13(17)14-7-10-15(2)3/h12H,4-11H2,1-3H3,(H,14,17). The third-order valence-electron chi connectivity index (χ3n) is 3.28. The van der Waals surface area contributed by atoms with Gasteiger partial charge in [-0.3, -0.25) is 4.79 Å². The Morgan fingerprint density at radius 1 is 1.47 bits per heavy atom. The number of carbonyl (C=O) groups is 1. The van der Waals surface area contributed by atoms with Gasteiger partial charge in [0.1, 0.15) is 0 Å². The second kappa shape index (κ2) is 7.67. The summed E-state index contributed by atoms with van der Waals surface area (Å²) in [5.41, 5.74) is 0. The molecule has 0 spiro atoms. The van der Waals surface area contributed by atoms with Crippen molar-refractivity contribution in [3.63, 3.8) is 0 Å². The molecule has 1 aliphatic heterocycles. The molecule has 1 amide bonds. The first-order chi connectivity index (χ1) is 8.08. The zero-order chi connectivity index (χ0) is 12.7. The van der Waals surface area contributed by atoms with E-state index in [1.54, 1.807) is 0 Å². The second-order valence-electron chi connectivity index (χ2n) is 5.45. The minimum Gasteiger partial charge on any atom is -0.355 e. The maximum atomic E-state index is 11.6. The highest BCUT2D eigenvalue weighted by molar-refractivity contribution is 5.76. The van der Waals surface area contributed by atoms with Crippen molar-refractivity contribution in [2.75, 3.05) is 46.8 Å². The first-order valence-corrected chi connectivity index (χ1v) is 6.71. The van der Waals surface area contributed by atoms with Gasteiger partial charge in [-0.1, -0.05) is 6.92 Å². The molecule has 1 aliphatic rings. The molecule has 1 heterocycles. The molecule has 1 rings (SSSR count). The summed E-state index contributed by atoms with van der Waals surface area (Å²) in [6.07, 6.45) is 3.26. The van der Waals surface area contributed by atoms with E-state index in [1.165, 1.54) is 12.8 Å². The SMILES string of the molecule is CC1CCCN(CCC(=O)NCCN(C)C)C1. The van der Waals surface area contributed by atoms with Gasteiger partial charge in [0.2, 0.25) is 5.91 Å². The van der Waals surface area contributed by atoms with Crippen molar-refractivity contribution >= 4 is 5.91 Å². The number of rotatable bonds is 6. The highest BCUT2D eigenvalue weighted by Crippen LogP contribution is 2.15. The van der Waals surface area contributed by atoms with E-state index in [0.717, 1.165) is 38.6 Å². The molecule has 0 saturated carbocycles. The van der Waals surface area contributed by atoms with Crippen LogP contribution in [0.25, 0.3) is 0 Å². The second-order valence-corrected chi connectivity index (χ2v) is 5.45. The van der Waals surface area contributed by atoms with Crippen LogP contribution >= 0.6 is 0 Å². The molecule has 0 aliphatic carbocycles. The Hall–Kier alpha value is -0.610. The van der Waals surface area contributed by atoms with Crippen LogP contribution in [0.1, 0.15) is 26.2 Å². The van der Waals surface area contributed by atoms with Crippen molar-refractivity contribution in [3.8, 4) is 0 Å². The first-order valence-electron chi connectivity index (χ1n) is 6.71. The van der Waals surface area contributed by atoms with E-state index >= 15 is 0 Å². The minimum absolute atomic E-state index is 0.185. The van der Waals surface area contributed by atoms with E-state index in [1.807, 2.05) is 14.1 Å². The van der Waals surface area contributed by atoms with Crippen LogP contribution in [-0.4, -0.2) is 62.5 Å². The van der Waals surface area contributed by atoms with Gasteiger partial charge in [-0.25, -0.2) is 0 Å². The minimum atomic E-state index is 0.185. The van der Waals surface area contributed by atoms with Gasteiger partial charge in [0.15, 0.2) is 0 Å². The summed E-state index contributed by atoms with van der Waals surface area (Å²) in [7, 11) is 4.03. The third-order valence-corrected chi connectivity index (χ3v) is 3.28. The lowest BCUT2D eigenvalue weighted by Crippen LogP contribution is -2.38. The molecule has 4 heteroatoms. The largest absolute Gasteiger partial charge is 0.355 e. The quantitative estimate of drug-likeness (QED) is 0.747. The molecule has 0 bridgehead atoms. The Balaban J connectivity index is 2.06. The first kappa shape index (κ1) is 14.5. The zero-order valence-corrected chi connectivity index (χ0v) is 11.5. The predicted octanol–water partition coefficient (Wildman–Crippen LogP) is 0.786. The molecule has 0 aromatic carbocycles. The summed E-state index contributed by atoms with van der Waals surface area (Å²) in [5.74, 6) is 0.977. The van der Waals surface area contributed by atoms with Crippen molar-refractivity contribution < 1.29 is 4.79 Å². The lowest BCUT2D eigenvalue weighted by atomic mass is 10.0. The number of piperidine rings is 1. The number of nitrogens with zero attached hydrogens (tertiary/aromatic N) is 2. The molecule has 100 valence electrons. The number of hydrogen-bond acceptors (Lipinski definition) is 3. The maximum Gasteiger partial charge on any atom is 0.221 e. The Morgan fingerprint density at radius 2 is 2.24 bits per heavy atom. The number of carbonyl (C=O) groups excluding carboxylic acids is 1. The molecule has 1 atom stereocenters. The zero-order valence-electron chi connectivity index (χ0n) is 11.5. The van der Waals surface area contributed by atoms with Crippen LogP contribution in [0.3, 0.4) is 0 Å². The maximum absolute atomic E-state index is 11.6. The molecule has 1 N–H and O–H groups in total. The van der Waals surface area contributed by atoms with Crippen molar-refractivity contribution in [1.29, 1.82) is 0 Å². The molecule has 0 aromatic heterocycles. The van der Waals surface area contributed by atoms with Crippen LogP contribution in [0.4, 0.5) is 0 Å². The van der Waals surface area contributed by atoms with E-state index in [0.29, 0.717) is 6.42 Å². The van der Waals surface area contributed by atoms with Crippen molar-refractivity contribution in [1.82, 2.24) is 15.1 Å². The summed E-state index contributed by atoms with van der Waals surface area (Å²) < 4.78 is 0. The summed E-state index contributed by atoms with van der Waals surface area (Å²) in [6.45, 7) is 7.19. The number of nitrogens with one attached hydrogen (secondary N) is 1. The topological polar surface area (TPSA) is 35.6 Å². The van der Waals surface area contributed by atoms with Crippen molar-refractivity contribution in [2.45, 2.75) is 26.2 Å². The third kappa shape index (κ3) is 6.64. The van der Waals surface area contributed by atoms with Gasteiger partial charge in [-0.05, 0) is 39.4 Å². The van der Waals surface area contributed by atoms with Gasteiger partial charge >= 0.3 is 0 Å². The highest BCUT2D eigenvalue weighted by Gasteiger charge is 2.16. The van der Waals surface area contributed by atoms with Gasteiger partial charge in [0.25, 0.3) is 0 Å². The lowest BCUT2D eigenvalue weighted by molar-refractivity contribution is -0.121. The molecule has 17 heavy (non-hydrogen) atoms. The van der Waals surface area contributed by atoms with Gasteiger partial charge < -0.3 is 15.1 Å². The molecule has 4 nitrogen and oxygen atoms in total. The van der Waals surface area contributed by atoms with Crippen LogP contribution < -0.4 is 5.32 Å². The van der Waals surface area contributed by atoms with Crippen molar-refractivity contribution in [3.05, 3.63) is 0 Å². The molecule has 0 radical (unpaired) electrons.